The maximum Gasteiger partial charge on any atom is 0.339 e. The quantitative estimate of drug-likeness (QED) is 0.860. The van der Waals surface area contributed by atoms with Crippen LogP contribution in [0.4, 0.5) is 5.69 Å². The summed E-state index contributed by atoms with van der Waals surface area (Å²) in [4.78, 5) is 19.0. The molecule has 0 amide bonds. The van der Waals surface area contributed by atoms with Crippen LogP contribution in [0.25, 0.3) is 0 Å². The van der Waals surface area contributed by atoms with Crippen molar-refractivity contribution in [3.63, 3.8) is 0 Å². The van der Waals surface area contributed by atoms with Crippen LogP contribution in [0.5, 0.6) is 0 Å². The summed E-state index contributed by atoms with van der Waals surface area (Å²) < 4.78 is 0. The van der Waals surface area contributed by atoms with Gasteiger partial charge in [0, 0.05) is 30.8 Å². The zero-order valence-electron chi connectivity index (χ0n) is 9.92. The second kappa shape index (κ2) is 5.27. The van der Waals surface area contributed by atoms with Gasteiger partial charge in [-0.1, -0.05) is 6.07 Å². The zero-order valence-corrected chi connectivity index (χ0v) is 9.92. The van der Waals surface area contributed by atoms with Crippen LogP contribution in [0.3, 0.4) is 0 Å². The molecule has 0 saturated heterocycles. The molecule has 0 aliphatic heterocycles. The highest BCUT2D eigenvalue weighted by molar-refractivity contribution is 5.93. The molecule has 92 valence electrons. The molecule has 0 saturated carbocycles. The van der Waals surface area contributed by atoms with E-state index in [0.717, 1.165) is 11.3 Å². The van der Waals surface area contributed by atoms with E-state index in [1.807, 2.05) is 19.1 Å². The van der Waals surface area contributed by atoms with E-state index in [9.17, 15) is 4.79 Å². The number of carbonyl (C=O) groups is 1. The molecule has 2 aromatic heterocycles. The van der Waals surface area contributed by atoms with Crippen LogP contribution in [0, 0.1) is 6.92 Å². The van der Waals surface area contributed by atoms with Crippen molar-refractivity contribution in [3.8, 4) is 0 Å². The topological polar surface area (TPSA) is 75.1 Å². The van der Waals surface area contributed by atoms with Gasteiger partial charge in [-0.3, -0.25) is 9.97 Å². The van der Waals surface area contributed by atoms with Crippen molar-refractivity contribution >= 4 is 11.7 Å². The lowest BCUT2D eigenvalue weighted by atomic mass is 10.2. The van der Waals surface area contributed by atoms with Crippen LogP contribution in [0.1, 0.15) is 21.6 Å². The Labute approximate surface area is 105 Å². The Balaban J connectivity index is 2.18. The first-order chi connectivity index (χ1) is 8.66. The lowest BCUT2D eigenvalue weighted by Crippen LogP contribution is -2.07. The van der Waals surface area contributed by atoms with Crippen LogP contribution in [0.2, 0.25) is 0 Å². The average molecular weight is 243 g/mol. The molecule has 0 spiro atoms. The van der Waals surface area contributed by atoms with Crippen molar-refractivity contribution in [2.24, 2.45) is 0 Å². The minimum atomic E-state index is -0.990. The van der Waals surface area contributed by atoms with E-state index in [0.29, 0.717) is 12.2 Å². The molecular weight excluding hydrogens is 230 g/mol. The lowest BCUT2D eigenvalue weighted by molar-refractivity contribution is 0.0697. The average Bonchev–Trinajstić information content (AvgIpc) is 2.37. The summed E-state index contributed by atoms with van der Waals surface area (Å²) in [5, 5.41) is 12.2. The standard InChI is InChI=1S/C13H13N3O2/c1-9-5-12(11(8-15-9)13(17)18)16-7-10-3-2-4-14-6-10/h2-6,8H,7H2,1H3,(H,15,16)(H,17,18). The molecule has 0 atom stereocenters. The summed E-state index contributed by atoms with van der Waals surface area (Å²) in [6.45, 7) is 2.35. The van der Waals surface area contributed by atoms with Gasteiger partial charge in [-0.05, 0) is 24.6 Å². The van der Waals surface area contributed by atoms with Gasteiger partial charge in [0.1, 0.15) is 5.56 Å². The number of aromatic carboxylic acids is 1. The van der Waals surface area contributed by atoms with E-state index < -0.39 is 5.97 Å². The SMILES string of the molecule is Cc1cc(NCc2cccnc2)c(C(=O)O)cn1. The second-order valence-corrected chi connectivity index (χ2v) is 3.89. The highest BCUT2D eigenvalue weighted by atomic mass is 16.4. The van der Waals surface area contributed by atoms with Crippen molar-refractivity contribution in [2.45, 2.75) is 13.5 Å². The van der Waals surface area contributed by atoms with Crippen LogP contribution in [-0.2, 0) is 6.54 Å². The Morgan fingerprint density at radius 1 is 1.44 bits per heavy atom. The fraction of sp³-hybridized carbons (Fsp3) is 0.154. The molecule has 18 heavy (non-hydrogen) atoms. The van der Waals surface area contributed by atoms with Gasteiger partial charge in [-0.25, -0.2) is 4.79 Å². The first-order valence-corrected chi connectivity index (χ1v) is 5.49. The van der Waals surface area contributed by atoms with E-state index in [-0.39, 0.29) is 5.56 Å². The maximum absolute atomic E-state index is 11.1. The number of anilines is 1. The Morgan fingerprint density at radius 2 is 2.28 bits per heavy atom. The van der Waals surface area contributed by atoms with Gasteiger partial charge in [0.2, 0.25) is 0 Å². The highest BCUT2D eigenvalue weighted by Gasteiger charge is 2.10. The van der Waals surface area contributed by atoms with Crippen molar-refractivity contribution in [1.29, 1.82) is 0 Å². The van der Waals surface area contributed by atoms with Crippen LogP contribution >= 0.6 is 0 Å². The second-order valence-electron chi connectivity index (χ2n) is 3.89. The third-order valence-corrected chi connectivity index (χ3v) is 2.48. The van der Waals surface area contributed by atoms with Gasteiger partial charge < -0.3 is 10.4 Å². The van der Waals surface area contributed by atoms with E-state index in [2.05, 4.69) is 15.3 Å². The maximum atomic E-state index is 11.1. The van der Waals surface area contributed by atoms with E-state index in [1.165, 1.54) is 6.20 Å². The van der Waals surface area contributed by atoms with E-state index in [1.54, 1.807) is 18.5 Å². The molecule has 2 rings (SSSR count). The van der Waals surface area contributed by atoms with Gasteiger partial charge in [0.25, 0.3) is 0 Å². The monoisotopic (exact) mass is 243 g/mol. The molecular formula is C13H13N3O2. The van der Waals surface area contributed by atoms with E-state index in [4.69, 9.17) is 5.11 Å². The van der Waals surface area contributed by atoms with Crippen molar-refractivity contribution in [3.05, 3.63) is 53.6 Å². The summed E-state index contributed by atoms with van der Waals surface area (Å²) in [6.07, 6.45) is 4.80. The van der Waals surface area contributed by atoms with Gasteiger partial charge >= 0.3 is 5.97 Å². The molecule has 0 bridgehead atoms. The van der Waals surface area contributed by atoms with Crippen LogP contribution in [0.15, 0.2) is 36.8 Å². The molecule has 5 nitrogen and oxygen atoms in total. The van der Waals surface area contributed by atoms with Crippen molar-refractivity contribution in [1.82, 2.24) is 9.97 Å². The number of hydrogen-bond acceptors (Lipinski definition) is 4. The fourth-order valence-electron chi connectivity index (χ4n) is 1.58. The van der Waals surface area contributed by atoms with Crippen molar-refractivity contribution in [2.75, 3.05) is 5.32 Å². The Bertz CT molecular complexity index is 555. The molecule has 2 aromatic rings. The molecule has 5 heteroatoms. The number of nitrogens with zero attached hydrogens (tertiary/aromatic N) is 2. The number of aryl methyl sites for hydroxylation is 1. The number of nitrogens with one attached hydrogen (secondary N) is 1. The van der Waals surface area contributed by atoms with Gasteiger partial charge in [-0.2, -0.15) is 0 Å². The molecule has 0 unspecified atom stereocenters. The number of rotatable bonds is 4. The first kappa shape index (κ1) is 12.0. The molecule has 0 radical (unpaired) electrons. The number of aromatic nitrogens is 2. The summed E-state index contributed by atoms with van der Waals surface area (Å²) >= 11 is 0. The Kier molecular flexibility index (Phi) is 3.52. The van der Waals surface area contributed by atoms with Crippen LogP contribution < -0.4 is 5.32 Å². The number of pyridine rings is 2. The predicted molar refractivity (Wildman–Crippen MR) is 67.5 cm³/mol. The minimum absolute atomic E-state index is 0.171. The van der Waals surface area contributed by atoms with Gasteiger partial charge in [0.05, 0.1) is 5.69 Å². The molecule has 0 aliphatic rings. The largest absolute Gasteiger partial charge is 0.478 e. The van der Waals surface area contributed by atoms with Crippen LogP contribution in [-0.4, -0.2) is 21.0 Å². The first-order valence-electron chi connectivity index (χ1n) is 5.49. The predicted octanol–water partition coefficient (Wildman–Crippen LogP) is 2.10. The third kappa shape index (κ3) is 2.82. The Morgan fingerprint density at radius 3 is 2.94 bits per heavy atom. The smallest absolute Gasteiger partial charge is 0.339 e. The number of carboxylic acids is 1. The summed E-state index contributed by atoms with van der Waals surface area (Å²) in [5.41, 5.74) is 2.50. The molecule has 2 heterocycles. The summed E-state index contributed by atoms with van der Waals surface area (Å²) in [6, 6.07) is 5.49. The highest BCUT2D eigenvalue weighted by Crippen LogP contribution is 2.16. The van der Waals surface area contributed by atoms with Gasteiger partial charge in [0.15, 0.2) is 0 Å². The molecule has 0 aromatic carbocycles. The summed E-state index contributed by atoms with van der Waals surface area (Å²) in [5.74, 6) is -0.990. The number of carboxylic acid groups (broad SMARTS) is 1. The van der Waals surface area contributed by atoms with E-state index >= 15 is 0 Å². The zero-order chi connectivity index (χ0) is 13.0. The normalized spacial score (nSPS) is 10.1. The Hall–Kier alpha value is -2.43. The van der Waals surface area contributed by atoms with Gasteiger partial charge in [-0.15, -0.1) is 0 Å². The molecule has 2 N–H and O–H groups in total. The van der Waals surface area contributed by atoms with Crippen molar-refractivity contribution < 1.29 is 9.90 Å². The minimum Gasteiger partial charge on any atom is -0.478 e. The third-order valence-electron chi connectivity index (χ3n) is 2.48. The summed E-state index contributed by atoms with van der Waals surface area (Å²) in [7, 11) is 0. The molecule has 0 fully saturated rings. The molecule has 0 aliphatic carbocycles. The number of hydrogen-bond donors (Lipinski definition) is 2. The lowest BCUT2D eigenvalue weighted by Gasteiger charge is -2.09. The fourth-order valence-corrected chi connectivity index (χ4v) is 1.58.